The average molecular weight is 394 g/mol. The van der Waals surface area contributed by atoms with Crippen molar-refractivity contribution >= 4 is 34.2 Å². The summed E-state index contributed by atoms with van der Waals surface area (Å²) in [6.45, 7) is 0.575. The number of hydrogen-bond donors (Lipinski definition) is 1. The lowest BCUT2D eigenvalue weighted by atomic mass is 10.2. The van der Waals surface area contributed by atoms with Crippen LogP contribution in [-0.4, -0.2) is 25.5 Å². The van der Waals surface area contributed by atoms with Crippen molar-refractivity contribution in [3.8, 4) is 0 Å². The van der Waals surface area contributed by atoms with E-state index < -0.39 is 11.3 Å². The Labute approximate surface area is 165 Å². The van der Waals surface area contributed by atoms with Crippen LogP contribution in [0.3, 0.4) is 0 Å². The van der Waals surface area contributed by atoms with Gasteiger partial charge in [-0.05, 0) is 23.8 Å². The Morgan fingerprint density at radius 2 is 1.89 bits per heavy atom. The van der Waals surface area contributed by atoms with E-state index in [1.165, 1.54) is 10.7 Å². The number of hydrogen-bond acceptors (Lipinski definition) is 4. The van der Waals surface area contributed by atoms with E-state index in [-0.39, 0.29) is 5.69 Å². The minimum Gasteiger partial charge on any atom is -0.304 e. The van der Waals surface area contributed by atoms with Crippen molar-refractivity contribution in [2.45, 2.75) is 6.54 Å². The Kier molecular flexibility index (Phi) is 4.67. The Hall–Kier alpha value is -3.45. The lowest BCUT2D eigenvalue weighted by molar-refractivity contribution is 0.101. The van der Waals surface area contributed by atoms with Crippen molar-refractivity contribution in [2.24, 2.45) is 7.05 Å². The lowest BCUT2D eigenvalue weighted by Crippen LogP contribution is -2.26. The molecule has 0 radical (unpaired) electrons. The minimum absolute atomic E-state index is 0.213. The Bertz CT molecular complexity index is 1230. The predicted octanol–water partition coefficient (Wildman–Crippen LogP) is 3.08. The smallest absolute Gasteiger partial charge is 0.281 e. The molecule has 8 heteroatoms. The number of aryl methyl sites for hydroxylation is 1. The first kappa shape index (κ1) is 17.9. The molecule has 2 aromatic heterocycles. The summed E-state index contributed by atoms with van der Waals surface area (Å²) >= 11 is 5.99. The fourth-order valence-corrected chi connectivity index (χ4v) is 3.13. The maximum absolute atomic E-state index is 12.7. The zero-order valence-corrected chi connectivity index (χ0v) is 15.7. The van der Waals surface area contributed by atoms with Crippen molar-refractivity contribution in [1.29, 1.82) is 0 Å². The van der Waals surface area contributed by atoms with Gasteiger partial charge in [0, 0.05) is 24.3 Å². The third-order valence-electron chi connectivity index (χ3n) is 4.30. The molecule has 140 valence electrons. The van der Waals surface area contributed by atoms with Gasteiger partial charge in [0.15, 0.2) is 11.5 Å². The fraction of sp³-hybridized carbons (Fsp3) is 0.100. The van der Waals surface area contributed by atoms with E-state index in [1.807, 2.05) is 30.3 Å². The number of halogens is 1. The number of carbonyl (C=O) groups excluding carboxylic acids is 1. The fourth-order valence-electron chi connectivity index (χ4n) is 2.96. The van der Waals surface area contributed by atoms with Gasteiger partial charge in [-0.25, -0.2) is 0 Å². The summed E-state index contributed by atoms with van der Waals surface area (Å²) in [7, 11) is 1.67. The molecule has 0 aliphatic heterocycles. The maximum atomic E-state index is 12.7. The third-order valence-corrected chi connectivity index (χ3v) is 4.54. The summed E-state index contributed by atoms with van der Waals surface area (Å²) in [5, 5.41) is 11.8. The third kappa shape index (κ3) is 3.52. The van der Waals surface area contributed by atoms with Crippen molar-refractivity contribution < 1.29 is 4.79 Å². The highest BCUT2D eigenvalue weighted by molar-refractivity contribution is 6.31. The SMILES string of the molecule is Cn1nc(C(=O)Nc2ccn(Cc3ccccc3)n2)c(=O)c2cc(Cl)ccc21. The van der Waals surface area contributed by atoms with E-state index in [4.69, 9.17) is 11.6 Å². The molecular weight excluding hydrogens is 378 g/mol. The second-order valence-corrected chi connectivity index (χ2v) is 6.74. The van der Waals surface area contributed by atoms with Crippen LogP contribution >= 0.6 is 11.6 Å². The number of nitrogens with zero attached hydrogens (tertiary/aromatic N) is 4. The highest BCUT2D eigenvalue weighted by atomic mass is 35.5. The molecule has 0 aliphatic rings. The number of carbonyl (C=O) groups is 1. The van der Waals surface area contributed by atoms with Crippen LogP contribution in [-0.2, 0) is 13.6 Å². The van der Waals surface area contributed by atoms with Crippen LogP contribution in [0.15, 0.2) is 65.6 Å². The molecule has 0 unspecified atom stereocenters. The van der Waals surface area contributed by atoms with Crippen molar-refractivity contribution in [1.82, 2.24) is 19.6 Å². The van der Waals surface area contributed by atoms with Gasteiger partial charge in [0.05, 0.1) is 17.4 Å². The number of anilines is 1. The van der Waals surface area contributed by atoms with E-state index >= 15 is 0 Å². The maximum Gasteiger partial charge on any atom is 0.281 e. The first-order chi connectivity index (χ1) is 13.5. The Morgan fingerprint density at radius 3 is 2.68 bits per heavy atom. The zero-order valence-electron chi connectivity index (χ0n) is 15.0. The van der Waals surface area contributed by atoms with E-state index in [1.54, 1.807) is 36.1 Å². The zero-order chi connectivity index (χ0) is 19.7. The average Bonchev–Trinajstić information content (AvgIpc) is 3.12. The molecule has 0 aliphatic carbocycles. The number of amides is 1. The van der Waals surface area contributed by atoms with E-state index in [0.717, 1.165) is 5.56 Å². The van der Waals surface area contributed by atoms with E-state index in [9.17, 15) is 9.59 Å². The highest BCUT2D eigenvalue weighted by Crippen LogP contribution is 2.16. The van der Waals surface area contributed by atoms with Crippen molar-refractivity contribution in [3.63, 3.8) is 0 Å². The van der Waals surface area contributed by atoms with Crippen LogP contribution in [0.2, 0.25) is 5.02 Å². The number of rotatable bonds is 4. The van der Waals surface area contributed by atoms with Crippen LogP contribution < -0.4 is 10.7 Å². The molecule has 0 atom stereocenters. The normalized spacial score (nSPS) is 10.9. The molecule has 7 nitrogen and oxygen atoms in total. The van der Waals surface area contributed by atoms with Crippen LogP contribution in [0.5, 0.6) is 0 Å². The van der Waals surface area contributed by atoms with Gasteiger partial charge in [0.1, 0.15) is 0 Å². The molecule has 0 saturated carbocycles. The monoisotopic (exact) mass is 393 g/mol. The molecular formula is C20H16ClN5O2. The molecule has 1 amide bonds. The Morgan fingerprint density at radius 1 is 1.11 bits per heavy atom. The second-order valence-electron chi connectivity index (χ2n) is 6.30. The predicted molar refractivity (Wildman–Crippen MR) is 108 cm³/mol. The quantitative estimate of drug-likeness (QED) is 0.577. The van der Waals surface area contributed by atoms with Gasteiger partial charge in [-0.15, -0.1) is 0 Å². The highest BCUT2D eigenvalue weighted by Gasteiger charge is 2.18. The largest absolute Gasteiger partial charge is 0.304 e. The molecule has 4 rings (SSSR count). The standard InChI is InChI=1S/C20H16ClN5O2/c1-25-16-8-7-14(21)11-15(16)19(27)18(24-25)20(28)22-17-9-10-26(23-17)12-13-5-3-2-4-6-13/h2-11H,12H2,1H3,(H,22,23,28). The summed E-state index contributed by atoms with van der Waals surface area (Å²) < 4.78 is 3.19. The van der Waals surface area contributed by atoms with Crippen LogP contribution in [0.4, 0.5) is 5.82 Å². The van der Waals surface area contributed by atoms with E-state index in [2.05, 4.69) is 15.5 Å². The van der Waals surface area contributed by atoms with Crippen molar-refractivity contribution in [3.05, 3.63) is 87.3 Å². The Balaban J connectivity index is 1.59. The molecule has 0 fully saturated rings. The molecule has 0 saturated heterocycles. The summed E-state index contributed by atoms with van der Waals surface area (Å²) in [5.74, 6) is -0.275. The summed E-state index contributed by atoms with van der Waals surface area (Å²) in [4.78, 5) is 25.3. The molecule has 0 spiro atoms. The first-order valence-corrected chi connectivity index (χ1v) is 8.94. The van der Waals surface area contributed by atoms with Crippen molar-refractivity contribution in [2.75, 3.05) is 5.32 Å². The summed E-state index contributed by atoms with van der Waals surface area (Å²) in [6.07, 6.45) is 1.76. The summed E-state index contributed by atoms with van der Waals surface area (Å²) in [6, 6.07) is 16.4. The van der Waals surface area contributed by atoms with Crippen LogP contribution in [0, 0.1) is 0 Å². The molecule has 0 bridgehead atoms. The van der Waals surface area contributed by atoms with Gasteiger partial charge in [0.25, 0.3) is 5.91 Å². The van der Waals surface area contributed by atoms with Crippen LogP contribution in [0.1, 0.15) is 16.1 Å². The van der Waals surface area contributed by atoms with Gasteiger partial charge in [-0.1, -0.05) is 41.9 Å². The second kappa shape index (κ2) is 7.28. The molecule has 4 aromatic rings. The van der Waals surface area contributed by atoms with Gasteiger partial charge < -0.3 is 5.32 Å². The minimum atomic E-state index is -0.618. The lowest BCUT2D eigenvalue weighted by Gasteiger charge is -2.08. The number of aromatic nitrogens is 4. The van der Waals surface area contributed by atoms with Gasteiger partial charge >= 0.3 is 0 Å². The van der Waals surface area contributed by atoms with Gasteiger partial charge in [0.2, 0.25) is 5.43 Å². The number of fused-ring (bicyclic) bond motifs is 1. The molecule has 1 N–H and O–H groups in total. The molecule has 2 heterocycles. The van der Waals surface area contributed by atoms with Gasteiger partial charge in [-0.2, -0.15) is 10.2 Å². The van der Waals surface area contributed by atoms with Crippen LogP contribution in [0.25, 0.3) is 10.9 Å². The molecule has 28 heavy (non-hydrogen) atoms. The van der Waals surface area contributed by atoms with Gasteiger partial charge in [-0.3, -0.25) is 19.0 Å². The van der Waals surface area contributed by atoms with E-state index in [0.29, 0.717) is 28.3 Å². The summed E-state index contributed by atoms with van der Waals surface area (Å²) in [5.41, 5.74) is 0.996. The molecule has 2 aromatic carbocycles. The first-order valence-electron chi connectivity index (χ1n) is 8.56. The number of nitrogens with one attached hydrogen (secondary N) is 1. The topological polar surface area (TPSA) is 81.8 Å². The number of benzene rings is 2.